The van der Waals surface area contributed by atoms with Crippen molar-refractivity contribution < 1.29 is 14.3 Å². The Morgan fingerprint density at radius 3 is 2.83 bits per heavy atom. The molecule has 4 rings (SSSR count). The largest absolute Gasteiger partial charge is 0.497 e. The minimum Gasteiger partial charge on any atom is -0.497 e. The van der Waals surface area contributed by atoms with Crippen LogP contribution in [0.25, 0.3) is 0 Å². The Morgan fingerprint density at radius 2 is 2.10 bits per heavy atom. The predicted octanol–water partition coefficient (Wildman–Crippen LogP) is 2.62. The summed E-state index contributed by atoms with van der Waals surface area (Å²) in [5, 5.41) is 10.4. The summed E-state index contributed by atoms with van der Waals surface area (Å²) >= 11 is 0. The summed E-state index contributed by atoms with van der Waals surface area (Å²) in [4.78, 5) is 21.8. The van der Waals surface area contributed by atoms with Crippen molar-refractivity contribution in [3.8, 4) is 11.5 Å². The molecule has 3 aromatic rings. The number of hydrogen-bond acceptors (Lipinski definition) is 7. The third kappa shape index (κ3) is 3.38. The zero-order valence-corrected chi connectivity index (χ0v) is 16.2. The monoisotopic (exact) mass is 392 g/mol. The number of rotatable bonds is 5. The Bertz CT molecular complexity index is 1080. The smallest absolute Gasteiger partial charge is 0.255 e. The van der Waals surface area contributed by atoms with Gasteiger partial charge in [-0.25, -0.2) is 4.68 Å². The number of nitrogens with zero attached hydrogens (tertiary/aromatic N) is 4. The molecule has 1 amide bonds. The molecule has 1 aliphatic rings. The molecule has 0 spiro atoms. The maximum Gasteiger partial charge on any atom is 0.255 e. The van der Waals surface area contributed by atoms with Gasteiger partial charge in [0, 0.05) is 24.2 Å². The number of pyridine rings is 1. The van der Waals surface area contributed by atoms with E-state index in [1.807, 2.05) is 19.1 Å². The molecule has 0 bridgehead atoms. The minimum absolute atomic E-state index is 0.284. The standard InChI is InChI=1S/C20H20N6O3/c1-12-17(19(27)25-15-7-6-14(28-2)9-16(15)29-3)18(13-5-4-8-21-10-13)26-20(24-12)22-11-23-26/h4-11,18H,1-3H3,(H,25,27)(H,22,23,24). The van der Waals surface area contributed by atoms with E-state index in [1.54, 1.807) is 42.4 Å². The zero-order valence-electron chi connectivity index (χ0n) is 16.2. The first-order valence-corrected chi connectivity index (χ1v) is 8.93. The predicted molar refractivity (Wildman–Crippen MR) is 107 cm³/mol. The second kappa shape index (κ2) is 7.63. The maximum absolute atomic E-state index is 13.3. The topological polar surface area (TPSA) is 103 Å². The van der Waals surface area contributed by atoms with E-state index < -0.39 is 6.04 Å². The van der Waals surface area contributed by atoms with E-state index in [1.165, 1.54) is 13.4 Å². The number of ether oxygens (including phenoxy) is 2. The highest BCUT2D eigenvalue weighted by Gasteiger charge is 2.33. The van der Waals surface area contributed by atoms with Crippen LogP contribution in [0, 0.1) is 0 Å². The van der Waals surface area contributed by atoms with Crippen molar-refractivity contribution in [2.75, 3.05) is 24.9 Å². The molecule has 1 aliphatic heterocycles. The number of amides is 1. The minimum atomic E-state index is -0.466. The van der Waals surface area contributed by atoms with Crippen LogP contribution < -0.4 is 20.1 Å². The molecule has 2 aromatic heterocycles. The van der Waals surface area contributed by atoms with Crippen LogP contribution in [0.3, 0.4) is 0 Å². The molecular weight excluding hydrogens is 372 g/mol. The average molecular weight is 392 g/mol. The van der Waals surface area contributed by atoms with Gasteiger partial charge in [0.25, 0.3) is 5.91 Å². The Kier molecular flexibility index (Phi) is 4.86. The van der Waals surface area contributed by atoms with E-state index in [0.717, 1.165) is 5.56 Å². The molecule has 1 aromatic carbocycles. The van der Waals surface area contributed by atoms with E-state index in [4.69, 9.17) is 9.47 Å². The number of hydrogen-bond donors (Lipinski definition) is 2. The van der Waals surface area contributed by atoms with Crippen molar-refractivity contribution in [3.63, 3.8) is 0 Å². The van der Waals surface area contributed by atoms with Crippen LogP contribution >= 0.6 is 0 Å². The maximum atomic E-state index is 13.3. The summed E-state index contributed by atoms with van der Waals surface area (Å²) in [7, 11) is 3.11. The number of allylic oxidation sites excluding steroid dienone is 1. The number of carbonyl (C=O) groups is 1. The lowest BCUT2D eigenvalue weighted by atomic mass is 9.96. The van der Waals surface area contributed by atoms with Crippen LogP contribution in [0.4, 0.5) is 11.6 Å². The normalized spacial score (nSPS) is 15.3. The van der Waals surface area contributed by atoms with Crippen LogP contribution in [-0.2, 0) is 4.79 Å². The Balaban J connectivity index is 1.73. The van der Waals surface area contributed by atoms with Crippen molar-refractivity contribution >= 4 is 17.5 Å². The molecular formula is C20H20N6O3. The van der Waals surface area contributed by atoms with Crippen LogP contribution in [0.1, 0.15) is 18.5 Å². The summed E-state index contributed by atoms with van der Waals surface area (Å²) in [5.74, 6) is 1.41. The van der Waals surface area contributed by atoms with Crippen LogP contribution in [-0.4, -0.2) is 39.9 Å². The fourth-order valence-electron chi connectivity index (χ4n) is 3.32. The SMILES string of the molecule is COc1ccc(NC(=O)C2=C(C)Nc3ncnn3C2c2cccnc2)c(OC)c1. The zero-order chi connectivity index (χ0) is 20.4. The van der Waals surface area contributed by atoms with Gasteiger partial charge < -0.3 is 20.1 Å². The number of methoxy groups -OCH3 is 2. The van der Waals surface area contributed by atoms with Gasteiger partial charge in [-0.3, -0.25) is 9.78 Å². The molecule has 9 nitrogen and oxygen atoms in total. The second-order valence-electron chi connectivity index (χ2n) is 6.40. The molecule has 0 saturated heterocycles. The van der Waals surface area contributed by atoms with Gasteiger partial charge in [0.05, 0.1) is 25.5 Å². The van der Waals surface area contributed by atoms with Crippen molar-refractivity contribution in [1.82, 2.24) is 19.7 Å². The lowest BCUT2D eigenvalue weighted by Gasteiger charge is -2.28. The van der Waals surface area contributed by atoms with E-state index >= 15 is 0 Å². The number of fused-ring (bicyclic) bond motifs is 1. The van der Waals surface area contributed by atoms with E-state index in [-0.39, 0.29) is 5.91 Å². The molecule has 0 aliphatic carbocycles. The van der Waals surface area contributed by atoms with Crippen LogP contribution in [0.2, 0.25) is 0 Å². The number of anilines is 2. The van der Waals surface area contributed by atoms with Gasteiger partial charge in [0.15, 0.2) is 0 Å². The molecule has 3 heterocycles. The van der Waals surface area contributed by atoms with Gasteiger partial charge in [-0.05, 0) is 30.7 Å². The number of benzene rings is 1. The first-order valence-electron chi connectivity index (χ1n) is 8.93. The van der Waals surface area contributed by atoms with Gasteiger partial charge in [0.1, 0.15) is 23.9 Å². The Hall–Kier alpha value is -3.88. The van der Waals surface area contributed by atoms with E-state index in [2.05, 4.69) is 25.7 Å². The fourth-order valence-corrected chi connectivity index (χ4v) is 3.32. The molecule has 0 saturated carbocycles. The number of nitrogens with one attached hydrogen (secondary N) is 2. The molecule has 29 heavy (non-hydrogen) atoms. The molecule has 1 atom stereocenters. The van der Waals surface area contributed by atoms with E-state index in [9.17, 15) is 4.79 Å². The molecule has 0 fully saturated rings. The number of aromatic nitrogens is 4. The summed E-state index contributed by atoms with van der Waals surface area (Å²) in [6.07, 6.45) is 4.85. The molecule has 9 heteroatoms. The van der Waals surface area contributed by atoms with E-state index in [0.29, 0.717) is 34.4 Å². The van der Waals surface area contributed by atoms with Crippen molar-refractivity contribution in [1.29, 1.82) is 0 Å². The van der Waals surface area contributed by atoms with Gasteiger partial charge in [-0.2, -0.15) is 10.1 Å². The Morgan fingerprint density at radius 1 is 1.24 bits per heavy atom. The van der Waals surface area contributed by atoms with Crippen LogP contribution in [0.5, 0.6) is 11.5 Å². The van der Waals surface area contributed by atoms with Gasteiger partial charge >= 0.3 is 0 Å². The third-order valence-electron chi connectivity index (χ3n) is 4.70. The molecule has 148 valence electrons. The summed E-state index contributed by atoms with van der Waals surface area (Å²) in [5.41, 5.74) is 2.55. The highest BCUT2D eigenvalue weighted by atomic mass is 16.5. The summed E-state index contributed by atoms with van der Waals surface area (Å²) < 4.78 is 12.3. The van der Waals surface area contributed by atoms with Crippen LogP contribution in [0.15, 0.2) is 60.3 Å². The van der Waals surface area contributed by atoms with Gasteiger partial charge in [0.2, 0.25) is 5.95 Å². The van der Waals surface area contributed by atoms with Crippen molar-refractivity contribution in [3.05, 3.63) is 65.9 Å². The van der Waals surface area contributed by atoms with Gasteiger partial charge in [-0.15, -0.1) is 0 Å². The summed E-state index contributed by atoms with van der Waals surface area (Å²) in [6.45, 7) is 1.84. The second-order valence-corrected chi connectivity index (χ2v) is 6.40. The van der Waals surface area contributed by atoms with Gasteiger partial charge in [-0.1, -0.05) is 6.07 Å². The Labute approximate surface area is 167 Å². The molecule has 0 radical (unpaired) electrons. The fraction of sp³-hybridized carbons (Fsp3) is 0.200. The first-order chi connectivity index (χ1) is 14.1. The summed E-state index contributed by atoms with van der Waals surface area (Å²) in [6, 6.07) is 8.47. The molecule has 1 unspecified atom stereocenters. The lowest BCUT2D eigenvalue weighted by Crippen LogP contribution is -2.31. The lowest BCUT2D eigenvalue weighted by molar-refractivity contribution is -0.113. The third-order valence-corrected chi connectivity index (χ3v) is 4.70. The quantitative estimate of drug-likeness (QED) is 0.688. The average Bonchev–Trinajstić information content (AvgIpc) is 3.21. The number of carbonyl (C=O) groups excluding carboxylic acids is 1. The highest BCUT2D eigenvalue weighted by Crippen LogP contribution is 2.36. The first kappa shape index (κ1) is 18.5. The van der Waals surface area contributed by atoms with Crippen molar-refractivity contribution in [2.24, 2.45) is 0 Å². The highest BCUT2D eigenvalue weighted by molar-refractivity contribution is 6.06. The van der Waals surface area contributed by atoms with Crippen molar-refractivity contribution in [2.45, 2.75) is 13.0 Å². The molecule has 2 N–H and O–H groups in total.